The molecule has 0 aliphatic rings. The van der Waals surface area contributed by atoms with Gasteiger partial charge < -0.3 is 10.1 Å². The highest BCUT2D eigenvalue weighted by atomic mass is 16.4. The molecule has 4 aromatic rings. The van der Waals surface area contributed by atoms with Gasteiger partial charge in [0.05, 0.1) is 22.1 Å². The molecule has 6 heteroatoms. The van der Waals surface area contributed by atoms with Gasteiger partial charge in [-0.2, -0.15) is 0 Å². The van der Waals surface area contributed by atoms with Crippen LogP contribution in [0.5, 0.6) is 0 Å². The van der Waals surface area contributed by atoms with Crippen molar-refractivity contribution in [3.05, 3.63) is 58.5 Å². The van der Waals surface area contributed by atoms with Crippen LogP contribution in [0.3, 0.4) is 0 Å². The number of carboxylic acid groups (broad SMARTS) is 1. The summed E-state index contributed by atoms with van der Waals surface area (Å²) in [6.45, 7) is 0. The van der Waals surface area contributed by atoms with E-state index >= 15 is 0 Å². The van der Waals surface area contributed by atoms with Crippen LogP contribution in [0.4, 0.5) is 0 Å². The second-order valence-corrected chi connectivity index (χ2v) is 4.93. The molecule has 2 N–H and O–H groups in total. The molecule has 2 aromatic heterocycles. The highest BCUT2D eigenvalue weighted by molar-refractivity contribution is 6.07. The van der Waals surface area contributed by atoms with Crippen LogP contribution in [0, 0.1) is 0 Å². The number of fused-ring (bicyclic) bond motifs is 4. The first-order valence-corrected chi connectivity index (χ1v) is 6.59. The number of nitrogens with one attached hydrogen (secondary N) is 1. The van der Waals surface area contributed by atoms with Crippen molar-refractivity contribution in [2.75, 3.05) is 0 Å². The molecule has 2 heterocycles. The summed E-state index contributed by atoms with van der Waals surface area (Å²) >= 11 is 0. The van der Waals surface area contributed by atoms with Gasteiger partial charge in [-0.25, -0.2) is 14.8 Å². The molecular formula is C16H9N3O3. The first kappa shape index (κ1) is 12.5. The molecular weight excluding hydrogens is 282 g/mol. The predicted octanol–water partition coefficient (Wildman–Crippen LogP) is 2.32. The molecule has 0 saturated carbocycles. The van der Waals surface area contributed by atoms with Crippen molar-refractivity contribution in [1.82, 2.24) is 15.0 Å². The Kier molecular flexibility index (Phi) is 2.47. The van der Waals surface area contributed by atoms with Crippen molar-refractivity contribution in [2.45, 2.75) is 0 Å². The fourth-order valence-corrected chi connectivity index (χ4v) is 2.54. The number of benzene rings is 2. The summed E-state index contributed by atoms with van der Waals surface area (Å²) in [7, 11) is 0. The van der Waals surface area contributed by atoms with Crippen LogP contribution in [0.2, 0.25) is 0 Å². The van der Waals surface area contributed by atoms with Crippen LogP contribution in [-0.4, -0.2) is 26.0 Å². The molecule has 6 nitrogen and oxygen atoms in total. The highest BCUT2D eigenvalue weighted by Crippen LogP contribution is 2.24. The third kappa shape index (κ3) is 1.74. The number of carbonyl (C=O) groups is 1. The third-order valence-electron chi connectivity index (χ3n) is 3.56. The van der Waals surface area contributed by atoms with Gasteiger partial charge in [0.1, 0.15) is 0 Å². The lowest BCUT2D eigenvalue weighted by Gasteiger charge is -2.05. The third-order valence-corrected chi connectivity index (χ3v) is 3.56. The zero-order chi connectivity index (χ0) is 15.3. The lowest BCUT2D eigenvalue weighted by molar-refractivity contribution is 0.0689. The average molecular weight is 291 g/mol. The first-order valence-electron chi connectivity index (χ1n) is 6.59. The van der Waals surface area contributed by atoms with Gasteiger partial charge in [-0.15, -0.1) is 0 Å². The zero-order valence-electron chi connectivity index (χ0n) is 11.2. The maximum atomic E-state index is 11.7. The van der Waals surface area contributed by atoms with Crippen LogP contribution >= 0.6 is 0 Å². The normalized spacial score (nSPS) is 11.3. The van der Waals surface area contributed by atoms with Crippen molar-refractivity contribution in [1.29, 1.82) is 0 Å². The van der Waals surface area contributed by atoms with Gasteiger partial charge in [-0.1, -0.05) is 18.2 Å². The van der Waals surface area contributed by atoms with Gasteiger partial charge in [0.15, 0.2) is 0 Å². The number of aromatic amines is 1. The number of aromatic carboxylic acids is 1. The molecule has 0 spiro atoms. The minimum atomic E-state index is -1.35. The monoisotopic (exact) mass is 291 g/mol. The number of nitrogens with zero attached hydrogens (tertiary/aromatic N) is 2. The molecule has 2 aromatic carbocycles. The average Bonchev–Trinajstić information content (AvgIpc) is 2.52. The van der Waals surface area contributed by atoms with E-state index in [-0.39, 0.29) is 0 Å². The van der Waals surface area contributed by atoms with Gasteiger partial charge in [-0.05, 0) is 24.3 Å². The molecule has 22 heavy (non-hydrogen) atoms. The van der Waals surface area contributed by atoms with Crippen molar-refractivity contribution in [3.63, 3.8) is 0 Å². The van der Waals surface area contributed by atoms with Gasteiger partial charge >= 0.3 is 5.97 Å². The number of carboxylic acids is 1. The SMILES string of the molecule is O=C(O)c1nc2c(ccc3nc4ccccc4cc32)[nH]c1=O. The van der Waals surface area contributed by atoms with E-state index in [1.807, 2.05) is 30.3 Å². The summed E-state index contributed by atoms with van der Waals surface area (Å²) in [6, 6.07) is 13.0. The lowest BCUT2D eigenvalue weighted by atomic mass is 10.1. The Morgan fingerprint density at radius 1 is 1.05 bits per heavy atom. The zero-order valence-corrected chi connectivity index (χ0v) is 11.2. The lowest BCUT2D eigenvalue weighted by Crippen LogP contribution is -2.19. The topological polar surface area (TPSA) is 95.9 Å². The molecule has 0 fully saturated rings. The summed E-state index contributed by atoms with van der Waals surface area (Å²) < 4.78 is 0. The summed E-state index contributed by atoms with van der Waals surface area (Å²) in [5.74, 6) is -1.35. The number of hydrogen-bond acceptors (Lipinski definition) is 4. The molecule has 4 rings (SSSR count). The number of rotatable bonds is 1. The molecule has 0 aliphatic heterocycles. The Hall–Kier alpha value is -3.28. The molecule has 106 valence electrons. The van der Waals surface area contributed by atoms with Crippen molar-refractivity contribution in [2.24, 2.45) is 0 Å². The molecule has 0 bridgehead atoms. The van der Waals surface area contributed by atoms with E-state index in [1.54, 1.807) is 12.1 Å². The second-order valence-electron chi connectivity index (χ2n) is 4.93. The van der Waals surface area contributed by atoms with Gasteiger partial charge in [-0.3, -0.25) is 4.79 Å². The summed E-state index contributed by atoms with van der Waals surface area (Å²) in [5, 5.41) is 10.7. The van der Waals surface area contributed by atoms with Gasteiger partial charge in [0, 0.05) is 10.8 Å². The molecule has 0 amide bonds. The second kappa shape index (κ2) is 4.36. The summed E-state index contributed by atoms with van der Waals surface area (Å²) in [4.78, 5) is 33.9. The molecule has 0 atom stereocenters. The fraction of sp³-hybridized carbons (Fsp3) is 0. The van der Waals surface area contributed by atoms with Gasteiger partial charge in [0.25, 0.3) is 5.56 Å². The quantitative estimate of drug-likeness (QED) is 0.414. The van der Waals surface area contributed by atoms with Crippen LogP contribution in [0.1, 0.15) is 10.5 Å². The van der Waals surface area contributed by atoms with E-state index < -0.39 is 17.2 Å². The molecule has 0 unspecified atom stereocenters. The number of aromatic nitrogens is 3. The Morgan fingerprint density at radius 2 is 1.86 bits per heavy atom. The van der Waals surface area contributed by atoms with Crippen molar-refractivity contribution in [3.8, 4) is 0 Å². The van der Waals surface area contributed by atoms with E-state index in [9.17, 15) is 9.59 Å². The van der Waals surface area contributed by atoms with Crippen LogP contribution in [0.15, 0.2) is 47.3 Å². The van der Waals surface area contributed by atoms with E-state index in [2.05, 4.69) is 15.0 Å². The Balaban J connectivity index is 2.21. The maximum absolute atomic E-state index is 11.7. The number of hydrogen-bond donors (Lipinski definition) is 2. The number of H-pyrrole nitrogens is 1. The van der Waals surface area contributed by atoms with Crippen LogP contribution in [0.25, 0.3) is 32.8 Å². The molecule has 0 radical (unpaired) electrons. The van der Waals surface area contributed by atoms with Crippen molar-refractivity contribution < 1.29 is 9.90 Å². The highest BCUT2D eigenvalue weighted by Gasteiger charge is 2.14. The standard InChI is InChI=1S/C16H9N3O3/c20-15-14(16(21)22)19-13-9-7-8-3-1-2-4-10(8)17-11(9)5-6-12(13)18-15/h1-7H,(H,18,20)(H,21,22). The van der Waals surface area contributed by atoms with E-state index in [1.165, 1.54) is 0 Å². The Bertz CT molecular complexity index is 1130. The fourth-order valence-electron chi connectivity index (χ4n) is 2.54. The van der Waals surface area contributed by atoms with Crippen LogP contribution in [-0.2, 0) is 0 Å². The Morgan fingerprint density at radius 3 is 2.68 bits per heavy atom. The summed E-state index contributed by atoms with van der Waals surface area (Å²) in [6.07, 6.45) is 0. The predicted molar refractivity (Wildman–Crippen MR) is 82.1 cm³/mol. The minimum absolute atomic E-state index is 0.424. The van der Waals surface area contributed by atoms with E-state index in [0.717, 1.165) is 10.9 Å². The Labute approximate surface area is 123 Å². The van der Waals surface area contributed by atoms with Crippen molar-refractivity contribution >= 4 is 38.8 Å². The minimum Gasteiger partial charge on any atom is -0.476 e. The van der Waals surface area contributed by atoms with Crippen LogP contribution < -0.4 is 5.56 Å². The number of pyridine rings is 1. The molecule has 0 saturated heterocycles. The number of para-hydroxylation sites is 1. The molecule has 0 aliphatic carbocycles. The van der Waals surface area contributed by atoms with E-state index in [4.69, 9.17) is 5.11 Å². The largest absolute Gasteiger partial charge is 0.476 e. The maximum Gasteiger partial charge on any atom is 0.360 e. The summed E-state index contributed by atoms with van der Waals surface area (Å²) in [5.41, 5.74) is 1.22. The van der Waals surface area contributed by atoms with Gasteiger partial charge in [0.2, 0.25) is 5.69 Å². The van der Waals surface area contributed by atoms with E-state index in [0.29, 0.717) is 21.9 Å². The smallest absolute Gasteiger partial charge is 0.360 e. The first-order chi connectivity index (χ1) is 10.6.